The van der Waals surface area contributed by atoms with E-state index in [0.717, 1.165) is 4.90 Å². The zero-order valence-corrected chi connectivity index (χ0v) is 10.2. The number of carbonyl (C=O) groups excluding carboxylic acids is 2. The molecular weight excluding hydrogens is 226 g/mol. The topological polar surface area (TPSA) is 83.9 Å². The van der Waals surface area contributed by atoms with Gasteiger partial charge in [0.25, 0.3) is 0 Å². The number of carboxylic acid groups (broad SMARTS) is 1. The van der Waals surface area contributed by atoms with Crippen molar-refractivity contribution in [2.75, 3.05) is 6.54 Å². The molecule has 6 nitrogen and oxygen atoms in total. The highest BCUT2D eigenvalue weighted by molar-refractivity contribution is 5.94. The Morgan fingerprint density at radius 1 is 1.41 bits per heavy atom. The van der Waals surface area contributed by atoms with Gasteiger partial charge in [0.1, 0.15) is 5.60 Å². The number of ether oxygens (including phenoxy) is 1. The van der Waals surface area contributed by atoms with Gasteiger partial charge in [-0.1, -0.05) is 0 Å². The number of amides is 2. The maximum atomic E-state index is 11.6. The second-order valence-corrected chi connectivity index (χ2v) is 5.05. The molecule has 1 rings (SSSR count). The van der Waals surface area contributed by atoms with Crippen LogP contribution in [0.15, 0.2) is 0 Å². The molecule has 1 unspecified atom stereocenters. The van der Waals surface area contributed by atoms with Crippen LogP contribution < -0.4 is 0 Å². The lowest BCUT2D eigenvalue weighted by Crippen LogP contribution is -2.46. The Bertz CT molecular complexity index is 344. The Balaban J connectivity index is 2.61. The van der Waals surface area contributed by atoms with Crippen molar-refractivity contribution in [3.8, 4) is 0 Å². The Labute approximate surface area is 99.5 Å². The van der Waals surface area contributed by atoms with Gasteiger partial charge in [-0.2, -0.15) is 0 Å². The second-order valence-electron chi connectivity index (χ2n) is 5.05. The molecule has 2 amide bonds. The first kappa shape index (κ1) is 13.5. The van der Waals surface area contributed by atoms with Crippen molar-refractivity contribution < 1.29 is 24.2 Å². The van der Waals surface area contributed by atoms with Gasteiger partial charge in [-0.15, -0.1) is 0 Å². The average Bonchev–Trinajstić information content (AvgIpc) is 2.14. The molecule has 1 aliphatic heterocycles. The maximum Gasteiger partial charge on any atom is 0.417 e. The first-order valence-corrected chi connectivity index (χ1v) is 5.47. The monoisotopic (exact) mass is 243 g/mol. The van der Waals surface area contributed by atoms with Gasteiger partial charge in [0.05, 0.1) is 5.92 Å². The molecule has 96 valence electrons. The number of hydrogen-bond acceptors (Lipinski definition) is 4. The standard InChI is InChI=1S/C11H17NO5/c1-11(2,3)17-10(16)12-5-4-7(9(14)15)6-8(12)13/h7H,4-6H2,1-3H3,(H,14,15). The summed E-state index contributed by atoms with van der Waals surface area (Å²) in [6.45, 7) is 5.23. The van der Waals surface area contributed by atoms with Crippen LogP contribution in [0.3, 0.4) is 0 Å². The van der Waals surface area contributed by atoms with E-state index in [0.29, 0.717) is 0 Å². The Morgan fingerprint density at radius 3 is 2.41 bits per heavy atom. The van der Waals surface area contributed by atoms with E-state index in [1.165, 1.54) is 0 Å². The normalized spacial score (nSPS) is 21.2. The van der Waals surface area contributed by atoms with E-state index in [-0.39, 0.29) is 19.4 Å². The molecule has 0 aromatic heterocycles. The summed E-state index contributed by atoms with van der Waals surface area (Å²) in [6.07, 6.45) is -0.569. The van der Waals surface area contributed by atoms with Gasteiger partial charge in [-0.25, -0.2) is 9.69 Å². The fourth-order valence-corrected chi connectivity index (χ4v) is 1.55. The zero-order chi connectivity index (χ0) is 13.2. The summed E-state index contributed by atoms with van der Waals surface area (Å²) in [7, 11) is 0. The molecule has 1 fully saturated rings. The third-order valence-electron chi connectivity index (χ3n) is 2.39. The summed E-state index contributed by atoms with van der Waals surface area (Å²) in [5.41, 5.74) is -0.666. The highest BCUT2D eigenvalue weighted by Gasteiger charge is 2.35. The van der Waals surface area contributed by atoms with Gasteiger partial charge >= 0.3 is 12.1 Å². The number of imide groups is 1. The van der Waals surface area contributed by atoms with Crippen molar-refractivity contribution in [3.63, 3.8) is 0 Å². The van der Waals surface area contributed by atoms with Gasteiger partial charge in [0.15, 0.2) is 0 Å². The molecule has 0 bridgehead atoms. The van der Waals surface area contributed by atoms with Crippen LogP contribution in [0.1, 0.15) is 33.6 Å². The van der Waals surface area contributed by atoms with Crippen molar-refractivity contribution in [1.82, 2.24) is 4.90 Å². The number of nitrogens with zero attached hydrogens (tertiary/aromatic N) is 1. The average molecular weight is 243 g/mol. The zero-order valence-electron chi connectivity index (χ0n) is 10.2. The highest BCUT2D eigenvalue weighted by atomic mass is 16.6. The number of carboxylic acids is 1. The first-order chi connectivity index (χ1) is 7.70. The van der Waals surface area contributed by atoms with E-state index in [4.69, 9.17) is 9.84 Å². The van der Waals surface area contributed by atoms with Crippen molar-refractivity contribution >= 4 is 18.0 Å². The Hall–Kier alpha value is -1.59. The lowest BCUT2D eigenvalue weighted by atomic mass is 9.97. The highest BCUT2D eigenvalue weighted by Crippen LogP contribution is 2.20. The molecule has 0 radical (unpaired) electrons. The third kappa shape index (κ3) is 3.72. The minimum atomic E-state index is -0.998. The molecule has 1 N–H and O–H groups in total. The lowest BCUT2D eigenvalue weighted by molar-refractivity contribution is -0.149. The number of piperidine rings is 1. The van der Waals surface area contributed by atoms with Gasteiger partial charge in [0, 0.05) is 13.0 Å². The summed E-state index contributed by atoms with van der Waals surface area (Å²) in [5, 5.41) is 8.78. The molecule has 0 spiro atoms. The molecule has 0 aromatic rings. The minimum Gasteiger partial charge on any atom is -0.481 e. The molecule has 1 atom stereocenters. The van der Waals surface area contributed by atoms with Crippen LogP contribution in [0.2, 0.25) is 0 Å². The molecular formula is C11H17NO5. The number of carbonyl (C=O) groups is 3. The van der Waals surface area contributed by atoms with Gasteiger partial charge in [-0.05, 0) is 27.2 Å². The third-order valence-corrected chi connectivity index (χ3v) is 2.39. The summed E-state index contributed by atoms with van der Waals surface area (Å²) in [5.74, 6) is -2.18. The molecule has 0 aliphatic carbocycles. The van der Waals surface area contributed by atoms with Crippen molar-refractivity contribution in [2.45, 2.75) is 39.2 Å². The summed E-state index contributed by atoms with van der Waals surface area (Å²) >= 11 is 0. The van der Waals surface area contributed by atoms with Gasteiger partial charge in [-0.3, -0.25) is 9.59 Å². The van der Waals surface area contributed by atoms with Crippen molar-refractivity contribution in [1.29, 1.82) is 0 Å². The number of rotatable bonds is 1. The van der Waals surface area contributed by atoms with Crippen LogP contribution in [0.4, 0.5) is 4.79 Å². The quantitative estimate of drug-likeness (QED) is 0.749. The molecule has 0 saturated carbocycles. The molecule has 0 aromatic carbocycles. The molecule has 17 heavy (non-hydrogen) atoms. The summed E-state index contributed by atoms with van der Waals surface area (Å²) in [4.78, 5) is 34.9. The largest absolute Gasteiger partial charge is 0.481 e. The fraction of sp³-hybridized carbons (Fsp3) is 0.727. The fourth-order valence-electron chi connectivity index (χ4n) is 1.55. The molecule has 1 saturated heterocycles. The van der Waals surface area contributed by atoms with E-state index >= 15 is 0 Å². The minimum absolute atomic E-state index is 0.102. The maximum absolute atomic E-state index is 11.6. The molecule has 1 aliphatic rings. The number of likely N-dealkylation sites (tertiary alicyclic amines) is 1. The SMILES string of the molecule is CC(C)(C)OC(=O)N1CCC(C(=O)O)CC1=O. The number of aliphatic carboxylic acids is 1. The van der Waals surface area contributed by atoms with E-state index in [1.807, 2.05) is 0 Å². The van der Waals surface area contributed by atoms with Crippen LogP contribution in [0, 0.1) is 5.92 Å². The van der Waals surface area contributed by atoms with Crippen LogP contribution in [-0.2, 0) is 14.3 Å². The van der Waals surface area contributed by atoms with Crippen molar-refractivity contribution in [3.05, 3.63) is 0 Å². The van der Waals surface area contributed by atoms with Crippen LogP contribution in [0.25, 0.3) is 0 Å². The van der Waals surface area contributed by atoms with E-state index in [2.05, 4.69) is 0 Å². The number of hydrogen-bond donors (Lipinski definition) is 1. The first-order valence-electron chi connectivity index (χ1n) is 5.47. The van der Waals surface area contributed by atoms with Crippen molar-refractivity contribution in [2.24, 2.45) is 5.92 Å². The van der Waals surface area contributed by atoms with Gasteiger partial charge in [0.2, 0.25) is 5.91 Å². The Kier molecular flexibility index (Phi) is 3.75. The Morgan fingerprint density at radius 2 is 2.00 bits per heavy atom. The van der Waals surface area contributed by atoms with Crippen LogP contribution in [0.5, 0.6) is 0 Å². The van der Waals surface area contributed by atoms with Gasteiger partial charge < -0.3 is 9.84 Å². The van der Waals surface area contributed by atoms with Crippen LogP contribution >= 0.6 is 0 Å². The molecule has 6 heteroatoms. The predicted molar refractivity (Wildman–Crippen MR) is 58.3 cm³/mol. The summed E-state index contributed by atoms with van der Waals surface area (Å²) < 4.78 is 5.06. The summed E-state index contributed by atoms with van der Waals surface area (Å²) in [6, 6.07) is 0. The molecule has 1 heterocycles. The smallest absolute Gasteiger partial charge is 0.417 e. The van der Waals surface area contributed by atoms with E-state index in [1.54, 1.807) is 20.8 Å². The van der Waals surface area contributed by atoms with Crippen LogP contribution in [-0.4, -0.2) is 40.1 Å². The second kappa shape index (κ2) is 4.73. The van der Waals surface area contributed by atoms with E-state index in [9.17, 15) is 14.4 Å². The van der Waals surface area contributed by atoms with E-state index < -0.39 is 29.5 Å². The lowest BCUT2D eigenvalue weighted by Gasteiger charge is -2.30. The predicted octanol–water partition coefficient (Wildman–Crippen LogP) is 1.24.